The number of esters is 1. The number of carbonyl (C=O) groups is 1. The zero-order chi connectivity index (χ0) is 35.9. The number of hydrogen-bond acceptors (Lipinski definition) is 5. The zero-order valence-electron chi connectivity index (χ0n) is 32.4. The molecular formula is C41H81O7P. The third-order valence-corrected chi connectivity index (χ3v) is 9.80. The highest BCUT2D eigenvalue weighted by molar-refractivity contribution is 7.46. The Hall–Kier alpha value is -0.720. The summed E-state index contributed by atoms with van der Waals surface area (Å²) < 4.78 is 27.0. The fraction of sp³-hybridized carbons (Fsp3) is 0.927. The Morgan fingerprint density at radius 2 is 0.898 bits per heavy atom. The minimum absolute atomic E-state index is 0.0819. The van der Waals surface area contributed by atoms with Gasteiger partial charge in [-0.15, -0.1) is 0 Å². The molecule has 1 atom stereocenters. The molecule has 0 amide bonds. The molecule has 0 spiro atoms. The van der Waals surface area contributed by atoms with Crippen molar-refractivity contribution in [2.24, 2.45) is 0 Å². The van der Waals surface area contributed by atoms with Gasteiger partial charge in [0.05, 0.1) is 13.2 Å². The average Bonchev–Trinajstić information content (AvgIpc) is 3.07. The molecule has 0 aliphatic rings. The summed E-state index contributed by atoms with van der Waals surface area (Å²) in [4.78, 5) is 30.6. The summed E-state index contributed by atoms with van der Waals surface area (Å²) in [6.45, 7) is 4.78. The third-order valence-electron chi connectivity index (χ3n) is 9.32. The fourth-order valence-corrected chi connectivity index (χ4v) is 6.56. The van der Waals surface area contributed by atoms with Crippen LogP contribution in [0.2, 0.25) is 0 Å². The van der Waals surface area contributed by atoms with Gasteiger partial charge in [-0.2, -0.15) is 0 Å². The van der Waals surface area contributed by atoms with Crippen LogP contribution in [0.5, 0.6) is 0 Å². The van der Waals surface area contributed by atoms with E-state index in [9.17, 15) is 9.36 Å². The molecule has 0 rings (SSSR count). The molecule has 0 radical (unpaired) electrons. The summed E-state index contributed by atoms with van der Waals surface area (Å²) in [5, 5.41) is 0. The monoisotopic (exact) mass is 717 g/mol. The van der Waals surface area contributed by atoms with Crippen LogP contribution in [0.4, 0.5) is 0 Å². The molecule has 8 heteroatoms. The maximum absolute atomic E-state index is 12.4. The molecule has 0 saturated heterocycles. The van der Waals surface area contributed by atoms with Gasteiger partial charge < -0.3 is 19.3 Å². The average molecular weight is 717 g/mol. The Balaban J connectivity index is 3.76. The summed E-state index contributed by atoms with van der Waals surface area (Å²) in [5.74, 6) is -0.363. The summed E-state index contributed by atoms with van der Waals surface area (Å²) in [5.41, 5.74) is 0. The van der Waals surface area contributed by atoms with E-state index in [0.717, 1.165) is 32.1 Å². The number of hydrogen-bond donors (Lipinski definition) is 2. The molecule has 0 fully saturated rings. The van der Waals surface area contributed by atoms with Crippen LogP contribution >= 0.6 is 7.82 Å². The van der Waals surface area contributed by atoms with E-state index in [2.05, 4.69) is 30.5 Å². The van der Waals surface area contributed by atoms with Gasteiger partial charge in [-0.3, -0.25) is 9.32 Å². The van der Waals surface area contributed by atoms with E-state index in [4.69, 9.17) is 19.3 Å². The van der Waals surface area contributed by atoms with Crippen LogP contribution in [-0.2, 0) is 23.4 Å². The summed E-state index contributed by atoms with van der Waals surface area (Å²) in [7, 11) is -4.65. The number of unbranched alkanes of at least 4 members (excludes halogenated alkanes) is 28. The van der Waals surface area contributed by atoms with Gasteiger partial charge in [0, 0.05) is 13.0 Å². The van der Waals surface area contributed by atoms with Crippen molar-refractivity contribution in [3.05, 3.63) is 12.2 Å². The highest BCUT2D eigenvalue weighted by Crippen LogP contribution is 2.36. The van der Waals surface area contributed by atoms with Crippen LogP contribution < -0.4 is 0 Å². The van der Waals surface area contributed by atoms with Crippen molar-refractivity contribution in [3.63, 3.8) is 0 Å². The van der Waals surface area contributed by atoms with Crippen LogP contribution in [0.3, 0.4) is 0 Å². The molecule has 0 bridgehead atoms. The van der Waals surface area contributed by atoms with Gasteiger partial charge in [0.1, 0.15) is 6.10 Å². The minimum atomic E-state index is -4.65. The second-order valence-electron chi connectivity index (χ2n) is 14.3. The van der Waals surface area contributed by atoms with Crippen molar-refractivity contribution in [2.75, 3.05) is 19.8 Å². The van der Waals surface area contributed by atoms with Gasteiger partial charge >= 0.3 is 13.8 Å². The first kappa shape index (κ1) is 48.3. The first-order valence-corrected chi connectivity index (χ1v) is 22.5. The first-order chi connectivity index (χ1) is 23.9. The van der Waals surface area contributed by atoms with Crippen molar-refractivity contribution in [3.8, 4) is 0 Å². The fourth-order valence-electron chi connectivity index (χ4n) is 6.20. The number of phosphoric ester groups is 1. The molecule has 7 nitrogen and oxygen atoms in total. The minimum Gasteiger partial charge on any atom is -0.457 e. The summed E-state index contributed by atoms with van der Waals surface area (Å²) >= 11 is 0. The standard InChI is InChI=1S/C41H81O7P/c1-3-5-7-9-11-13-15-17-19-20-21-22-23-24-26-28-30-32-34-36-41(42)48-40(39-47-49(43,44)45)38-46-37-35-33-31-29-27-25-18-16-14-12-10-8-6-4-2/h20-21,40H,3-19,22-39H2,1-2H3,(H2,43,44,45)/b21-20-/t40-/m1/s1. The van der Waals surface area contributed by atoms with Gasteiger partial charge in [-0.1, -0.05) is 187 Å². The van der Waals surface area contributed by atoms with Gasteiger partial charge in [0.25, 0.3) is 0 Å². The Bertz CT molecular complexity index is 754. The first-order valence-electron chi connectivity index (χ1n) is 21.0. The molecule has 292 valence electrons. The Labute approximate surface area is 303 Å². The van der Waals surface area contributed by atoms with Crippen molar-refractivity contribution in [1.29, 1.82) is 0 Å². The Morgan fingerprint density at radius 3 is 1.31 bits per heavy atom. The lowest BCUT2D eigenvalue weighted by Crippen LogP contribution is -2.28. The molecule has 0 aliphatic carbocycles. The highest BCUT2D eigenvalue weighted by atomic mass is 31.2. The molecule has 0 saturated carbocycles. The van der Waals surface area contributed by atoms with E-state index in [1.807, 2.05) is 0 Å². The number of rotatable bonds is 40. The van der Waals surface area contributed by atoms with E-state index in [0.29, 0.717) is 13.0 Å². The SMILES string of the molecule is CCCCCCCCCC/C=C\CCCCCCCCCC(=O)O[C@H](COCCCCCCCCCCCCCCCC)COP(=O)(O)O. The maximum atomic E-state index is 12.4. The second kappa shape index (κ2) is 38.5. The van der Waals surface area contributed by atoms with E-state index in [1.165, 1.54) is 167 Å². The number of carbonyl (C=O) groups excluding carboxylic acids is 1. The van der Waals surface area contributed by atoms with Gasteiger partial charge in [0.15, 0.2) is 0 Å². The molecular weight excluding hydrogens is 635 g/mol. The zero-order valence-corrected chi connectivity index (χ0v) is 33.3. The van der Waals surface area contributed by atoms with Crippen molar-refractivity contribution >= 4 is 13.8 Å². The topological polar surface area (TPSA) is 102 Å². The van der Waals surface area contributed by atoms with E-state index in [1.54, 1.807) is 0 Å². The molecule has 0 heterocycles. The lowest BCUT2D eigenvalue weighted by atomic mass is 10.0. The van der Waals surface area contributed by atoms with Gasteiger partial charge in [0.2, 0.25) is 0 Å². The van der Waals surface area contributed by atoms with Crippen LogP contribution in [0, 0.1) is 0 Å². The van der Waals surface area contributed by atoms with E-state index < -0.39 is 13.9 Å². The number of allylic oxidation sites excluding steroid dienone is 2. The van der Waals surface area contributed by atoms with Crippen molar-refractivity contribution < 1.29 is 33.1 Å². The molecule has 2 N–H and O–H groups in total. The number of phosphoric acid groups is 1. The third kappa shape index (κ3) is 41.6. The normalized spacial score (nSPS) is 12.7. The van der Waals surface area contributed by atoms with Crippen LogP contribution in [0.1, 0.15) is 219 Å². The quantitative estimate of drug-likeness (QED) is 0.0282. The van der Waals surface area contributed by atoms with Gasteiger partial charge in [-0.25, -0.2) is 4.57 Å². The van der Waals surface area contributed by atoms with E-state index in [-0.39, 0.29) is 19.2 Å². The number of ether oxygens (including phenoxy) is 2. The molecule has 49 heavy (non-hydrogen) atoms. The lowest BCUT2D eigenvalue weighted by Gasteiger charge is -2.18. The van der Waals surface area contributed by atoms with Crippen LogP contribution in [-0.4, -0.2) is 41.7 Å². The molecule has 0 aliphatic heterocycles. The summed E-state index contributed by atoms with van der Waals surface area (Å²) in [6.07, 6.45) is 43.5. The summed E-state index contributed by atoms with van der Waals surface area (Å²) in [6, 6.07) is 0. The smallest absolute Gasteiger partial charge is 0.457 e. The highest BCUT2D eigenvalue weighted by Gasteiger charge is 2.21. The Kier molecular flexibility index (Phi) is 37.9. The maximum Gasteiger partial charge on any atom is 0.469 e. The van der Waals surface area contributed by atoms with E-state index >= 15 is 0 Å². The predicted molar refractivity (Wildman–Crippen MR) is 207 cm³/mol. The second-order valence-corrected chi connectivity index (χ2v) is 15.6. The molecule has 0 aromatic heterocycles. The Morgan fingerprint density at radius 1 is 0.531 bits per heavy atom. The molecule has 0 aromatic rings. The lowest BCUT2D eigenvalue weighted by molar-refractivity contribution is -0.154. The van der Waals surface area contributed by atoms with Gasteiger partial charge in [-0.05, 0) is 38.5 Å². The van der Waals surface area contributed by atoms with Crippen LogP contribution in [0.15, 0.2) is 12.2 Å². The molecule has 0 aromatic carbocycles. The van der Waals surface area contributed by atoms with Crippen LogP contribution in [0.25, 0.3) is 0 Å². The predicted octanol–water partition coefficient (Wildman–Crippen LogP) is 13.1. The molecule has 0 unspecified atom stereocenters. The van der Waals surface area contributed by atoms with Crippen molar-refractivity contribution in [1.82, 2.24) is 0 Å². The largest absolute Gasteiger partial charge is 0.469 e. The van der Waals surface area contributed by atoms with Crippen molar-refractivity contribution in [2.45, 2.75) is 225 Å².